The second kappa shape index (κ2) is 6.47. The summed E-state index contributed by atoms with van der Waals surface area (Å²) in [5.41, 5.74) is 5.58. The van der Waals surface area contributed by atoms with Gasteiger partial charge in [-0.05, 0) is 12.8 Å². The monoisotopic (exact) mass is 281 g/mol. The number of nitrogens with zero attached hydrogens (tertiary/aromatic N) is 4. The van der Waals surface area contributed by atoms with Gasteiger partial charge in [-0.25, -0.2) is 4.79 Å². The number of carboxylic acid groups (broad SMARTS) is 1. The van der Waals surface area contributed by atoms with Gasteiger partial charge >= 0.3 is 5.97 Å². The predicted molar refractivity (Wildman–Crippen MR) is 70.0 cm³/mol. The number of carbonyl (C=O) groups is 2. The molecule has 8 heteroatoms. The van der Waals surface area contributed by atoms with E-state index in [0.717, 1.165) is 19.3 Å². The lowest BCUT2D eigenvalue weighted by atomic mass is 10.1. The zero-order chi connectivity index (χ0) is 14.5. The molecule has 1 aliphatic heterocycles. The number of carbonyl (C=O) groups excluding carboxylic acids is 1. The highest BCUT2D eigenvalue weighted by atomic mass is 16.4. The summed E-state index contributed by atoms with van der Waals surface area (Å²) < 4.78 is 1.49. The van der Waals surface area contributed by atoms with E-state index < -0.39 is 12.0 Å². The molecule has 0 spiro atoms. The third-order valence-corrected chi connectivity index (χ3v) is 3.41. The van der Waals surface area contributed by atoms with Gasteiger partial charge in [0.2, 0.25) is 0 Å². The van der Waals surface area contributed by atoms with Crippen molar-refractivity contribution in [3.05, 3.63) is 11.9 Å². The lowest BCUT2D eigenvalue weighted by Crippen LogP contribution is -2.44. The molecule has 1 amide bonds. The molecule has 1 atom stereocenters. The van der Waals surface area contributed by atoms with Crippen LogP contribution < -0.4 is 5.73 Å². The van der Waals surface area contributed by atoms with Crippen molar-refractivity contribution in [2.24, 2.45) is 5.73 Å². The number of carboxylic acids is 1. The molecule has 0 aromatic carbocycles. The minimum atomic E-state index is -0.963. The van der Waals surface area contributed by atoms with Crippen molar-refractivity contribution in [1.82, 2.24) is 19.9 Å². The van der Waals surface area contributed by atoms with E-state index in [4.69, 9.17) is 5.73 Å². The van der Waals surface area contributed by atoms with Gasteiger partial charge in [-0.3, -0.25) is 9.48 Å². The Morgan fingerprint density at radius 3 is 2.90 bits per heavy atom. The van der Waals surface area contributed by atoms with Gasteiger partial charge in [0, 0.05) is 13.1 Å². The molecule has 0 radical (unpaired) electrons. The van der Waals surface area contributed by atoms with Crippen molar-refractivity contribution in [3.63, 3.8) is 0 Å². The molecule has 1 saturated heterocycles. The summed E-state index contributed by atoms with van der Waals surface area (Å²) in [6.45, 7) is 1.32. The largest absolute Gasteiger partial charge is 0.480 e. The van der Waals surface area contributed by atoms with Gasteiger partial charge in [-0.1, -0.05) is 18.1 Å². The molecule has 0 aliphatic carbocycles. The first-order valence-corrected chi connectivity index (χ1v) is 6.77. The van der Waals surface area contributed by atoms with Crippen LogP contribution in [0.2, 0.25) is 0 Å². The van der Waals surface area contributed by atoms with Gasteiger partial charge in [0.1, 0.15) is 6.04 Å². The molecule has 1 fully saturated rings. The third-order valence-electron chi connectivity index (χ3n) is 3.41. The Labute approximate surface area is 116 Å². The average Bonchev–Trinajstić information content (AvgIpc) is 2.74. The zero-order valence-corrected chi connectivity index (χ0v) is 11.2. The van der Waals surface area contributed by atoms with E-state index in [-0.39, 0.29) is 11.6 Å². The van der Waals surface area contributed by atoms with Gasteiger partial charge in [-0.2, -0.15) is 0 Å². The van der Waals surface area contributed by atoms with Gasteiger partial charge in [-0.15, -0.1) is 5.10 Å². The smallest absolute Gasteiger partial charge is 0.326 e. The summed E-state index contributed by atoms with van der Waals surface area (Å²) in [7, 11) is 0. The third kappa shape index (κ3) is 3.13. The van der Waals surface area contributed by atoms with Gasteiger partial charge in [0.25, 0.3) is 5.91 Å². The maximum Gasteiger partial charge on any atom is 0.326 e. The normalized spacial score (nSPS) is 19.6. The maximum absolute atomic E-state index is 12.4. The molecule has 2 heterocycles. The fraction of sp³-hybridized carbons (Fsp3) is 0.667. The molecule has 0 saturated carbocycles. The Kier molecular flexibility index (Phi) is 4.67. The molecule has 1 aliphatic rings. The van der Waals surface area contributed by atoms with Crippen LogP contribution in [0.4, 0.5) is 0 Å². The van der Waals surface area contributed by atoms with Crippen molar-refractivity contribution in [2.75, 3.05) is 13.1 Å². The van der Waals surface area contributed by atoms with Crippen LogP contribution in [-0.2, 0) is 11.3 Å². The molecule has 8 nitrogen and oxygen atoms in total. The Morgan fingerprint density at radius 2 is 2.20 bits per heavy atom. The minimum absolute atomic E-state index is 0.173. The van der Waals surface area contributed by atoms with E-state index in [1.807, 2.05) is 0 Å². The number of hydrogen-bond donors (Lipinski definition) is 2. The minimum Gasteiger partial charge on any atom is -0.480 e. The number of amides is 1. The molecule has 1 unspecified atom stereocenters. The van der Waals surface area contributed by atoms with Crippen LogP contribution in [-0.4, -0.2) is 56.0 Å². The molecule has 20 heavy (non-hydrogen) atoms. The summed E-state index contributed by atoms with van der Waals surface area (Å²) in [6, 6.07) is -0.773. The first kappa shape index (κ1) is 14.4. The SMILES string of the molecule is NCCn1cc(C(=O)N2CCCCCC2C(=O)O)nn1. The van der Waals surface area contributed by atoms with E-state index in [1.165, 1.54) is 15.8 Å². The number of nitrogens with two attached hydrogens (primary N) is 1. The lowest BCUT2D eigenvalue weighted by Gasteiger charge is -2.25. The number of rotatable bonds is 4. The van der Waals surface area contributed by atoms with Gasteiger partial charge < -0.3 is 15.7 Å². The van der Waals surface area contributed by atoms with Gasteiger partial charge in [0.05, 0.1) is 12.7 Å². The molecule has 1 aromatic heterocycles. The van der Waals surface area contributed by atoms with Gasteiger partial charge in [0.15, 0.2) is 5.69 Å². The van der Waals surface area contributed by atoms with Crippen LogP contribution in [0.25, 0.3) is 0 Å². The Hall–Kier alpha value is -1.96. The maximum atomic E-state index is 12.4. The first-order valence-electron chi connectivity index (χ1n) is 6.77. The molecule has 110 valence electrons. The predicted octanol–water partition coefficient (Wildman–Crippen LogP) is -0.294. The summed E-state index contributed by atoms with van der Waals surface area (Å²) in [4.78, 5) is 25.1. The summed E-state index contributed by atoms with van der Waals surface area (Å²) in [5, 5.41) is 16.9. The zero-order valence-electron chi connectivity index (χ0n) is 11.2. The highest BCUT2D eigenvalue weighted by Gasteiger charge is 2.32. The van der Waals surface area contributed by atoms with Crippen LogP contribution in [0.1, 0.15) is 36.2 Å². The quantitative estimate of drug-likeness (QED) is 0.783. The van der Waals surface area contributed by atoms with E-state index in [9.17, 15) is 14.7 Å². The Balaban J connectivity index is 2.17. The molecule has 0 bridgehead atoms. The van der Waals surface area contributed by atoms with E-state index in [2.05, 4.69) is 10.3 Å². The lowest BCUT2D eigenvalue weighted by molar-refractivity contribution is -0.142. The molecule has 3 N–H and O–H groups in total. The fourth-order valence-electron chi connectivity index (χ4n) is 2.39. The van der Waals surface area contributed by atoms with Crippen molar-refractivity contribution in [2.45, 2.75) is 38.3 Å². The van der Waals surface area contributed by atoms with E-state index >= 15 is 0 Å². The summed E-state index contributed by atoms with van der Waals surface area (Å²) in [6.07, 6.45) is 4.57. The molecular formula is C12H19N5O3. The van der Waals surface area contributed by atoms with Crippen molar-refractivity contribution < 1.29 is 14.7 Å². The Bertz CT molecular complexity index is 487. The average molecular weight is 281 g/mol. The van der Waals surface area contributed by atoms with Crippen molar-refractivity contribution >= 4 is 11.9 Å². The number of aliphatic carboxylic acids is 1. The Morgan fingerprint density at radius 1 is 1.40 bits per heavy atom. The second-order valence-corrected chi connectivity index (χ2v) is 4.86. The molecule has 1 aromatic rings. The van der Waals surface area contributed by atoms with E-state index in [1.54, 1.807) is 0 Å². The van der Waals surface area contributed by atoms with Crippen LogP contribution in [0.5, 0.6) is 0 Å². The fourth-order valence-corrected chi connectivity index (χ4v) is 2.39. The van der Waals surface area contributed by atoms with Crippen LogP contribution in [0, 0.1) is 0 Å². The van der Waals surface area contributed by atoms with Crippen molar-refractivity contribution in [1.29, 1.82) is 0 Å². The van der Waals surface area contributed by atoms with Crippen LogP contribution >= 0.6 is 0 Å². The number of aromatic nitrogens is 3. The first-order chi connectivity index (χ1) is 9.63. The van der Waals surface area contributed by atoms with Crippen LogP contribution in [0.3, 0.4) is 0 Å². The topological polar surface area (TPSA) is 114 Å². The highest BCUT2D eigenvalue weighted by molar-refractivity contribution is 5.94. The second-order valence-electron chi connectivity index (χ2n) is 4.86. The number of likely N-dealkylation sites (tertiary alicyclic amines) is 1. The van der Waals surface area contributed by atoms with Crippen molar-refractivity contribution in [3.8, 4) is 0 Å². The standard InChI is InChI=1S/C12H19N5O3/c13-5-7-16-8-9(14-15-16)11(18)17-6-3-1-2-4-10(17)12(19)20/h8,10H,1-7,13H2,(H,19,20). The molecular weight excluding hydrogens is 262 g/mol. The summed E-state index contributed by atoms with van der Waals surface area (Å²) in [5.74, 6) is -1.34. The highest BCUT2D eigenvalue weighted by Crippen LogP contribution is 2.19. The number of hydrogen-bond acceptors (Lipinski definition) is 5. The van der Waals surface area contributed by atoms with Crippen LogP contribution in [0.15, 0.2) is 6.20 Å². The summed E-state index contributed by atoms with van der Waals surface area (Å²) >= 11 is 0. The molecule has 2 rings (SSSR count). The van der Waals surface area contributed by atoms with E-state index in [0.29, 0.717) is 26.1 Å².